The molecule has 114 valence electrons. The molecule has 6 heteroatoms. The summed E-state index contributed by atoms with van der Waals surface area (Å²) in [6.45, 7) is 5.41. The summed E-state index contributed by atoms with van der Waals surface area (Å²) in [5.74, 6) is 0.884. The van der Waals surface area contributed by atoms with Gasteiger partial charge in [-0.1, -0.05) is 0 Å². The van der Waals surface area contributed by atoms with Crippen molar-refractivity contribution in [2.75, 3.05) is 33.4 Å². The normalized spacial score (nSPS) is 11.7. The first-order valence-corrected chi connectivity index (χ1v) is 7.25. The zero-order valence-electron chi connectivity index (χ0n) is 12.9. The molecule has 0 atom stereocenters. The molecule has 1 heterocycles. The second-order valence-electron chi connectivity index (χ2n) is 4.66. The van der Waals surface area contributed by atoms with Crippen molar-refractivity contribution in [3.63, 3.8) is 0 Å². The summed E-state index contributed by atoms with van der Waals surface area (Å²) in [7, 11) is 3.66. The second kappa shape index (κ2) is 10.3. The van der Waals surface area contributed by atoms with E-state index in [0.29, 0.717) is 0 Å². The van der Waals surface area contributed by atoms with E-state index in [0.717, 1.165) is 51.5 Å². The van der Waals surface area contributed by atoms with Gasteiger partial charge in [0.25, 0.3) is 0 Å². The van der Waals surface area contributed by atoms with Gasteiger partial charge in [-0.2, -0.15) is 5.10 Å². The average molecular weight is 281 g/mol. The predicted octanol–water partition coefficient (Wildman–Crippen LogP) is 0.944. The van der Waals surface area contributed by atoms with Crippen LogP contribution in [0.25, 0.3) is 0 Å². The first-order valence-electron chi connectivity index (χ1n) is 7.25. The largest absolute Gasteiger partial charge is 0.385 e. The summed E-state index contributed by atoms with van der Waals surface area (Å²) in [5.41, 5.74) is 1.26. The van der Waals surface area contributed by atoms with Crippen molar-refractivity contribution in [3.05, 3.63) is 18.0 Å². The molecule has 0 saturated heterocycles. The van der Waals surface area contributed by atoms with E-state index in [-0.39, 0.29) is 0 Å². The topological polar surface area (TPSA) is 63.5 Å². The van der Waals surface area contributed by atoms with E-state index in [1.165, 1.54) is 5.56 Å². The molecule has 0 aromatic carbocycles. The minimum atomic E-state index is 0.771. The minimum absolute atomic E-state index is 0.771. The van der Waals surface area contributed by atoms with E-state index < -0.39 is 0 Å². The highest BCUT2D eigenvalue weighted by Crippen LogP contribution is 2.00. The molecule has 0 fully saturated rings. The molecule has 0 unspecified atom stereocenters. The Morgan fingerprint density at radius 2 is 2.25 bits per heavy atom. The Morgan fingerprint density at radius 3 is 2.90 bits per heavy atom. The number of ether oxygens (including phenoxy) is 1. The highest BCUT2D eigenvalue weighted by atomic mass is 16.5. The van der Waals surface area contributed by atoms with Crippen LogP contribution in [0.1, 0.15) is 25.3 Å². The number of methoxy groups -OCH3 is 1. The highest BCUT2D eigenvalue weighted by Gasteiger charge is 1.98. The zero-order chi connectivity index (χ0) is 14.6. The maximum absolute atomic E-state index is 5.02. The van der Waals surface area contributed by atoms with Gasteiger partial charge in [0.1, 0.15) is 0 Å². The summed E-state index contributed by atoms with van der Waals surface area (Å²) in [5, 5.41) is 10.7. The lowest BCUT2D eigenvalue weighted by Crippen LogP contribution is -2.38. The van der Waals surface area contributed by atoms with Gasteiger partial charge in [0, 0.05) is 46.6 Å². The molecule has 6 nitrogen and oxygen atoms in total. The van der Waals surface area contributed by atoms with E-state index in [4.69, 9.17) is 4.74 Å². The number of aromatic nitrogens is 2. The van der Waals surface area contributed by atoms with Gasteiger partial charge in [0.05, 0.1) is 6.20 Å². The number of guanidine groups is 1. The SMILES string of the molecule is CCNC(=NCCCc1cnn(C)c1)NCCCOC. The van der Waals surface area contributed by atoms with E-state index in [1.807, 2.05) is 17.9 Å². The van der Waals surface area contributed by atoms with Crippen molar-refractivity contribution < 1.29 is 4.74 Å². The number of hydrogen-bond acceptors (Lipinski definition) is 3. The van der Waals surface area contributed by atoms with Gasteiger partial charge in [0.2, 0.25) is 0 Å². The van der Waals surface area contributed by atoms with Crippen LogP contribution in [-0.4, -0.2) is 49.1 Å². The Morgan fingerprint density at radius 1 is 1.40 bits per heavy atom. The molecule has 0 aliphatic carbocycles. The maximum Gasteiger partial charge on any atom is 0.191 e. The molecular formula is C14H27N5O. The third-order valence-corrected chi connectivity index (χ3v) is 2.81. The first kappa shape index (κ1) is 16.5. The van der Waals surface area contributed by atoms with Crippen LogP contribution in [0, 0.1) is 0 Å². The zero-order valence-corrected chi connectivity index (χ0v) is 12.9. The molecular weight excluding hydrogens is 254 g/mol. The van der Waals surface area contributed by atoms with Crippen molar-refractivity contribution in [1.29, 1.82) is 0 Å². The van der Waals surface area contributed by atoms with Crippen LogP contribution in [0.5, 0.6) is 0 Å². The highest BCUT2D eigenvalue weighted by molar-refractivity contribution is 5.79. The quantitative estimate of drug-likeness (QED) is 0.402. The first-order chi connectivity index (χ1) is 9.76. The molecule has 0 amide bonds. The lowest BCUT2D eigenvalue weighted by Gasteiger charge is -2.10. The molecule has 20 heavy (non-hydrogen) atoms. The molecule has 0 radical (unpaired) electrons. The Bertz CT molecular complexity index is 389. The van der Waals surface area contributed by atoms with Crippen LogP contribution >= 0.6 is 0 Å². The molecule has 0 aliphatic rings. The second-order valence-corrected chi connectivity index (χ2v) is 4.66. The summed E-state index contributed by atoms with van der Waals surface area (Å²) in [6, 6.07) is 0. The Labute approximate surface area is 121 Å². The van der Waals surface area contributed by atoms with Crippen molar-refractivity contribution in [3.8, 4) is 0 Å². The van der Waals surface area contributed by atoms with E-state index in [9.17, 15) is 0 Å². The van der Waals surface area contributed by atoms with Crippen molar-refractivity contribution >= 4 is 5.96 Å². The Kier molecular flexibility index (Phi) is 8.46. The number of aliphatic imine (C=N–C) groups is 1. The lowest BCUT2D eigenvalue weighted by atomic mass is 10.2. The molecule has 0 spiro atoms. The van der Waals surface area contributed by atoms with Gasteiger partial charge in [0.15, 0.2) is 5.96 Å². The van der Waals surface area contributed by atoms with E-state index >= 15 is 0 Å². The molecule has 1 rings (SSSR count). The van der Waals surface area contributed by atoms with Crippen LogP contribution in [-0.2, 0) is 18.2 Å². The number of rotatable bonds is 9. The van der Waals surface area contributed by atoms with Crippen LogP contribution in [0.2, 0.25) is 0 Å². The van der Waals surface area contributed by atoms with Gasteiger partial charge in [-0.05, 0) is 31.7 Å². The van der Waals surface area contributed by atoms with Gasteiger partial charge in [-0.3, -0.25) is 9.67 Å². The number of hydrogen-bond donors (Lipinski definition) is 2. The molecule has 1 aromatic rings. The van der Waals surface area contributed by atoms with Crippen LogP contribution in [0.15, 0.2) is 17.4 Å². The molecule has 0 aliphatic heterocycles. The Hall–Kier alpha value is -1.56. The van der Waals surface area contributed by atoms with Crippen LogP contribution in [0.3, 0.4) is 0 Å². The summed E-state index contributed by atoms with van der Waals surface area (Å²) < 4.78 is 6.86. The maximum atomic E-state index is 5.02. The lowest BCUT2D eigenvalue weighted by molar-refractivity contribution is 0.195. The number of nitrogens with zero attached hydrogens (tertiary/aromatic N) is 3. The third-order valence-electron chi connectivity index (χ3n) is 2.81. The van der Waals surface area contributed by atoms with Crippen LogP contribution in [0.4, 0.5) is 0 Å². The molecule has 2 N–H and O–H groups in total. The molecule has 0 saturated carbocycles. The van der Waals surface area contributed by atoms with Gasteiger partial charge < -0.3 is 15.4 Å². The van der Waals surface area contributed by atoms with Crippen LogP contribution < -0.4 is 10.6 Å². The summed E-state index contributed by atoms with van der Waals surface area (Å²) in [4.78, 5) is 4.56. The fourth-order valence-electron chi connectivity index (χ4n) is 1.84. The fraction of sp³-hybridized carbons (Fsp3) is 0.714. The van der Waals surface area contributed by atoms with Crippen molar-refractivity contribution in [1.82, 2.24) is 20.4 Å². The standard InChI is InChI=1S/C14H27N5O/c1-4-15-14(17-9-6-10-20-3)16-8-5-7-13-11-18-19(2)12-13/h11-12H,4-10H2,1-3H3,(H2,15,16,17). The van der Waals surface area contributed by atoms with Crippen molar-refractivity contribution in [2.24, 2.45) is 12.0 Å². The molecule has 0 bridgehead atoms. The smallest absolute Gasteiger partial charge is 0.191 e. The minimum Gasteiger partial charge on any atom is -0.385 e. The number of nitrogens with one attached hydrogen (secondary N) is 2. The van der Waals surface area contributed by atoms with Gasteiger partial charge >= 0.3 is 0 Å². The monoisotopic (exact) mass is 281 g/mol. The van der Waals surface area contributed by atoms with E-state index in [1.54, 1.807) is 7.11 Å². The number of aryl methyl sites for hydroxylation is 2. The molecule has 1 aromatic heterocycles. The average Bonchev–Trinajstić information content (AvgIpc) is 2.85. The van der Waals surface area contributed by atoms with Gasteiger partial charge in [-0.15, -0.1) is 0 Å². The van der Waals surface area contributed by atoms with Crippen molar-refractivity contribution in [2.45, 2.75) is 26.2 Å². The summed E-state index contributed by atoms with van der Waals surface area (Å²) in [6.07, 6.45) is 6.99. The summed E-state index contributed by atoms with van der Waals surface area (Å²) >= 11 is 0. The third kappa shape index (κ3) is 7.13. The van der Waals surface area contributed by atoms with Gasteiger partial charge in [-0.25, -0.2) is 0 Å². The van der Waals surface area contributed by atoms with E-state index in [2.05, 4.69) is 33.8 Å². The predicted molar refractivity (Wildman–Crippen MR) is 82.0 cm³/mol. The fourth-order valence-corrected chi connectivity index (χ4v) is 1.84. The Balaban J connectivity index is 2.23.